The number of thiazole rings is 1. The van der Waals surface area contributed by atoms with Gasteiger partial charge in [-0.25, -0.2) is 4.98 Å². The first-order chi connectivity index (χ1) is 9.22. The fourth-order valence-electron chi connectivity index (χ4n) is 2.11. The van der Waals surface area contributed by atoms with Crippen LogP contribution in [0.3, 0.4) is 0 Å². The van der Waals surface area contributed by atoms with Crippen molar-refractivity contribution in [2.24, 2.45) is 0 Å². The molecule has 1 heterocycles. The van der Waals surface area contributed by atoms with Gasteiger partial charge in [-0.2, -0.15) is 0 Å². The molecule has 102 valence electrons. The Kier molecular flexibility index (Phi) is 4.93. The van der Waals surface area contributed by atoms with Crippen LogP contribution in [0.25, 0.3) is 0 Å². The lowest BCUT2D eigenvalue weighted by molar-refractivity contribution is 0.331. The smallest absolute Gasteiger partial charge is 0.124 e. The maximum absolute atomic E-state index is 5.68. The van der Waals surface area contributed by atoms with Gasteiger partial charge in [0.1, 0.15) is 10.8 Å². The zero-order chi connectivity index (χ0) is 13.7. The fourth-order valence-corrected chi connectivity index (χ4v) is 2.76. The average molecular weight is 276 g/mol. The third-order valence-electron chi connectivity index (χ3n) is 3.01. The number of ether oxygens (including phenoxy) is 1. The molecule has 0 radical (unpaired) electrons. The van der Waals surface area contributed by atoms with E-state index in [-0.39, 0.29) is 12.1 Å². The van der Waals surface area contributed by atoms with Crippen molar-refractivity contribution in [3.05, 3.63) is 46.4 Å². The number of benzene rings is 1. The second-order valence-corrected chi connectivity index (χ2v) is 5.38. The van der Waals surface area contributed by atoms with Gasteiger partial charge in [-0.1, -0.05) is 18.2 Å². The molecule has 0 aliphatic carbocycles. The summed E-state index contributed by atoms with van der Waals surface area (Å²) in [6.45, 7) is 6.99. The Hall–Kier alpha value is -1.39. The molecular formula is C15H20N2OS. The van der Waals surface area contributed by atoms with Gasteiger partial charge in [0.15, 0.2) is 0 Å². The average Bonchev–Trinajstić information content (AvgIpc) is 2.93. The quantitative estimate of drug-likeness (QED) is 0.867. The van der Waals surface area contributed by atoms with E-state index < -0.39 is 0 Å². The maximum Gasteiger partial charge on any atom is 0.124 e. The first kappa shape index (κ1) is 14.0. The molecule has 1 N–H and O–H groups in total. The van der Waals surface area contributed by atoms with Crippen LogP contribution in [0.4, 0.5) is 0 Å². The van der Waals surface area contributed by atoms with Crippen molar-refractivity contribution in [2.45, 2.75) is 32.9 Å². The summed E-state index contributed by atoms with van der Waals surface area (Å²) in [5.74, 6) is 0.955. The molecule has 19 heavy (non-hydrogen) atoms. The zero-order valence-electron chi connectivity index (χ0n) is 11.6. The van der Waals surface area contributed by atoms with Gasteiger partial charge in [0.25, 0.3) is 0 Å². The topological polar surface area (TPSA) is 34.1 Å². The van der Waals surface area contributed by atoms with E-state index >= 15 is 0 Å². The Morgan fingerprint density at radius 1 is 1.26 bits per heavy atom. The van der Waals surface area contributed by atoms with E-state index in [9.17, 15) is 0 Å². The number of nitrogens with zero attached hydrogens (tertiary/aromatic N) is 1. The number of nitrogens with one attached hydrogen (secondary N) is 1. The van der Waals surface area contributed by atoms with Crippen LogP contribution in [0.5, 0.6) is 5.75 Å². The number of rotatable bonds is 6. The number of para-hydroxylation sites is 1. The molecule has 0 saturated heterocycles. The van der Waals surface area contributed by atoms with E-state index in [0.717, 1.165) is 10.8 Å². The Bertz CT molecular complexity index is 499. The van der Waals surface area contributed by atoms with Gasteiger partial charge < -0.3 is 10.1 Å². The largest absolute Gasteiger partial charge is 0.494 e. The summed E-state index contributed by atoms with van der Waals surface area (Å²) in [6.07, 6.45) is 1.84. The first-order valence-electron chi connectivity index (χ1n) is 6.59. The van der Waals surface area contributed by atoms with E-state index in [4.69, 9.17) is 4.74 Å². The van der Waals surface area contributed by atoms with Crippen molar-refractivity contribution >= 4 is 11.3 Å². The fraction of sp³-hybridized carbons (Fsp3) is 0.400. The summed E-state index contributed by atoms with van der Waals surface area (Å²) in [6, 6.07) is 8.64. The molecule has 3 nitrogen and oxygen atoms in total. The van der Waals surface area contributed by atoms with E-state index in [1.807, 2.05) is 36.7 Å². The highest BCUT2D eigenvalue weighted by Gasteiger charge is 2.15. The maximum atomic E-state index is 5.68. The van der Waals surface area contributed by atoms with E-state index in [1.165, 1.54) is 5.56 Å². The molecule has 0 saturated carbocycles. The zero-order valence-corrected chi connectivity index (χ0v) is 12.4. The molecule has 2 aromatic rings. The molecule has 0 aliphatic heterocycles. The molecule has 2 rings (SSSR count). The van der Waals surface area contributed by atoms with Gasteiger partial charge in [-0.15, -0.1) is 11.3 Å². The van der Waals surface area contributed by atoms with Crippen LogP contribution in [0.2, 0.25) is 0 Å². The minimum Gasteiger partial charge on any atom is -0.494 e. The van der Waals surface area contributed by atoms with Gasteiger partial charge >= 0.3 is 0 Å². The van der Waals surface area contributed by atoms with Crippen molar-refractivity contribution < 1.29 is 4.74 Å². The van der Waals surface area contributed by atoms with Crippen molar-refractivity contribution in [1.82, 2.24) is 10.3 Å². The number of hydrogen-bond acceptors (Lipinski definition) is 4. The molecule has 0 bridgehead atoms. The van der Waals surface area contributed by atoms with Gasteiger partial charge in [-0.05, 0) is 26.8 Å². The normalized spacial score (nSPS) is 14.1. The summed E-state index contributed by atoms with van der Waals surface area (Å²) < 4.78 is 5.68. The molecule has 1 aromatic heterocycles. The highest BCUT2D eigenvalue weighted by Crippen LogP contribution is 2.27. The minimum atomic E-state index is 0.224. The Morgan fingerprint density at radius 2 is 2.05 bits per heavy atom. The highest BCUT2D eigenvalue weighted by molar-refractivity contribution is 7.09. The monoisotopic (exact) mass is 276 g/mol. The second kappa shape index (κ2) is 6.68. The molecule has 4 heteroatoms. The third-order valence-corrected chi connectivity index (χ3v) is 3.97. The number of hydrogen-bond donors (Lipinski definition) is 1. The van der Waals surface area contributed by atoms with E-state index in [2.05, 4.69) is 30.2 Å². The summed E-state index contributed by atoms with van der Waals surface area (Å²) in [4.78, 5) is 4.35. The Labute approximate surface area is 118 Å². The third kappa shape index (κ3) is 3.55. The van der Waals surface area contributed by atoms with E-state index in [0.29, 0.717) is 6.61 Å². The predicted molar refractivity (Wildman–Crippen MR) is 79.7 cm³/mol. The van der Waals surface area contributed by atoms with Crippen LogP contribution in [0.1, 0.15) is 43.4 Å². The first-order valence-corrected chi connectivity index (χ1v) is 7.47. The molecule has 2 unspecified atom stereocenters. The van der Waals surface area contributed by atoms with Crippen LogP contribution in [0, 0.1) is 0 Å². The Morgan fingerprint density at radius 3 is 2.74 bits per heavy atom. The molecule has 0 spiro atoms. The van der Waals surface area contributed by atoms with Crippen LogP contribution < -0.4 is 10.1 Å². The van der Waals surface area contributed by atoms with E-state index in [1.54, 1.807) is 11.3 Å². The van der Waals surface area contributed by atoms with Gasteiger partial charge in [0, 0.05) is 23.2 Å². The van der Waals surface area contributed by atoms with Crippen molar-refractivity contribution in [3.63, 3.8) is 0 Å². The predicted octanol–water partition coefficient (Wildman–Crippen LogP) is 3.95. The van der Waals surface area contributed by atoms with Gasteiger partial charge in [0.2, 0.25) is 0 Å². The summed E-state index contributed by atoms with van der Waals surface area (Å²) >= 11 is 1.68. The highest BCUT2D eigenvalue weighted by atomic mass is 32.1. The number of aromatic nitrogens is 1. The second-order valence-electron chi connectivity index (χ2n) is 4.45. The summed E-state index contributed by atoms with van der Waals surface area (Å²) in [5, 5.41) is 6.68. The van der Waals surface area contributed by atoms with Crippen LogP contribution in [-0.2, 0) is 0 Å². The van der Waals surface area contributed by atoms with Crippen molar-refractivity contribution in [2.75, 3.05) is 6.61 Å². The van der Waals surface area contributed by atoms with Crippen LogP contribution >= 0.6 is 11.3 Å². The molecule has 0 aliphatic rings. The van der Waals surface area contributed by atoms with Crippen LogP contribution in [0.15, 0.2) is 35.8 Å². The molecule has 0 fully saturated rings. The Balaban J connectivity index is 2.09. The minimum absolute atomic E-state index is 0.224. The molecule has 1 aromatic carbocycles. The molecule has 0 amide bonds. The van der Waals surface area contributed by atoms with Crippen molar-refractivity contribution in [1.29, 1.82) is 0 Å². The summed E-state index contributed by atoms with van der Waals surface area (Å²) in [5.41, 5.74) is 1.19. The SMILES string of the molecule is CCOc1ccccc1C(C)NC(C)c1nccs1. The lowest BCUT2D eigenvalue weighted by Crippen LogP contribution is -2.22. The lowest BCUT2D eigenvalue weighted by atomic mass is 10.1. The molecule has 2 atom stereocenters. The van der Waals surface area contributed by atoms with Crippen molar-refractivity contribution in [3.8, 4) is 5.75 Å². The lowest BCUT2D eigenvalue weighted by Gasteiger charge is -2.21. The standard InChI is InChI=1S/C15H20N2OS/c1-4-18-14-8-6-5-7-13(14)11(2)17-12(3)15-16-9-10-19-15/h5-12,17H,4H2,1-3H3. The summed E-state index contributed by atoms with van der Waals surface area (Å²) in [7, 11) is 0. The van der Waals surface area contributed by atoms with Gasteiger partial charge in [0.05, 0.1) is 12.6 Å². The molecular weight excluding hydrogens is 256 g/mol. The van der Waals surface area contributed by atoms with Crippen LogP contribution in [-0.4, -0.2) is 11.6 Å². The van der Waals surface area contributed by atoms with Gasteiger partial charge in [-0.3, -0.25) is 0 Å².